The SMILES string of the molecule is CC1CC1.Cc1ccc(C(c2ccc(C)cc2)C(c2ccc(C)cc2)c2ccc(CCCC3CC3)cc2)cc1. The molecule has 4 aromatic rings. The van der Waals surface area contributed by atoms with Gasteiger partial charge in [0.05, 0.1) is 0 Å². The van der Waals surface area contributed by atoms with Crippen LogP contribution in [0.25, 0.3) is 0 Å². The minimum Gasteiger partial charge on any atom is -0.0625 e. The monoisotopic (exact) mass is 514 g/mol. The summed E-state index contributed by atoms with van der Waals surface area (Å²) in [6.07, 6.45) is 9.80. The van der Waals surface area contributed by atoms with Crippen LogP contribution in [0.4, 0.5) is 0 Å². The van der Waals surface area contributed by atoms with Crippen LogP contribution in [-0.2, 0) is 6.42 Å². The highest BCUT2D eigenvalue weighted by Crippen LogP contribution is 2.43. The average Bonchev–Trinajstić information content (AvgIpc) is 3.89. The molecule has 0 aromatic heterocycles. The molecule has 2 fully saturated rings. The summed E-state index contributed by atoms with van der Waals surface area (Å²) in [6, 6.07) is 37.1. The molecule has 0 saturated heterocycles. The number of rotatable bonds is 9. The fraction of sp³-hybridized carbons (Fsp3) is 0.385. The Morgan fingerprint density at radius 3 is 1.15 bits per heavy atom. The van der Waals surface area contributed by atoms with Gasteiger partial charge in [-0.1, -0.05) is 153 Å². The van der Waals surface area contributed by atoms with Gasteiger partial charge in [0, 0.05) is 11.8 Å². The van der Waals surface area contributed by atoms with Crippen molar-refractivity contribution in [3.05, 3.63) is 142 Å². The molecule has 0 amide bonds. The van der Waals surface area contributed by atoms with Crippen LogP contribution in [0, 0.1) is 32.6 Å². The fourth-order valence-corrected chi connectivity index (χ4v) is 5.54. The molecule has 2 saturated carbocycles. The van der Waals surface area contributed by atoms with Gasteiger partial charge < -0.3 is 0 Å². The van der Waals surface area contributed by atoms with Gasteiger partial charge in [0.1, 0.15) is 0 Å². The Balaban J connectivity index is 0.000000707. The van der Waals surface area contributed by atoms with Gasteiger partial charge >= 0.3 is 0 Å². The predicted molar refractivity (Wildman–Crippen MR) is 168 cm³/mol. The van der Waals surface area contributed by atoms with Crippen LogP contribution in [0.1, 0.15) is 102 Å². The molecule has 4 aromatic carbocycles. The first-order valence-electron chi connectivity index (χ1n) is 15.2. The Bertz CT molecular complexity index is 1240. The van der Waals surface area contributed by atoms with Crippen molar-refractivity contribution in [2.24, 2.45) is 11.8 Å². The van der Waals surface area contributed by atoms with Gasteiger partial charge in [0.2, 0.25) is 0 Å². The first-order valence-corrected chi connectivity index (χ1v) is 15.2. The van der Waals surface area contributed by atoms with Gasteiger partial charge in [-0.15, -0.1) is 0 Å². The molecule has 2 aliphatic rings. The van der Waals surface area contributed by atoms with Gasteiger partial charge in [-0.2, -0.15) is 0 Å². The van der Waals surface area contributed by atoms with Crippen molar-refractivity contribution in [1.82, 2.24) is 0 Å². The summed E-state index contributed by atoms with van der Waals surface area (Å²) in [6.45, 7) is 8.79. The van der Waals surface area contributed by atoms with E-state index in [1.807, 2.05) is 0 Å². The lowest BCUT2D eigenvalue weighted by Crippen LogP contribution is -2.15. The van der Waals surface area contributed by atoms with Crippen LogP contribution in [0.2, 0.25) is 0 Å². The van der Waals surface area contributed by atoms with E-state index in [1.165, 1.54) is 89.5 Å². The molecular formula is C39H46. The van der Waals surface area contributed by atoms with Crippen LogP contribution in [-0.4, -0.2) is 0 Å². The first-order chi connectivity index (χ1) is 19.0. The molecule has 202 valence electrons. The summed E-state index contributed by atoms with van der Waals surface area (Å²) in [4.78, 5) is 0. The Morgan fingerprint density at radius 2 is 0.846 bits per heavy atom. The molecule has 0 aliphatic heterocycles. The second kappa shape index (κ2) is 12.8. The quantitative estimate of drug-likeness (QED) is 0.208. The molecule has 1 unspecified atom stereocenters. The lowest BCUT2D eigenvalue weighted by atomic mass is 9.73. The van der Waals surface area contributed by atoms with E-state index in [0.29, 0.717) is 0 Å². The zero-order valence-electron chi connectivity index (χ0n) is 24.5. The van der Waals surface area contributed by atoms with Crippen molar-refractivity contribution in [2.45, 2.75) is 84.5 Å². The summed E-state index contributed by atoms with van der Waals surface area (Å²) >= 11 is 0. The van der Waals surface area contributed by atoms with Crippen LogP contribution in [0.3, 0.4) is 0 Å². The predicted octanol–water partition coefficient (Wildman–Crippen LogP) is 10.7. The fourth-order valence-electron chi connectivity index (χ4n) is 5.54. The van der Waals surface area contributed by atoms with Crippen molar-refractivity contribution < 1.29 is 0 Å². The van der Waals surface area contributed by atoms with E-state index >= 15 is 0 Å². The third-order valence-corrected chi connectivity index (χ3v) is 8.62. The van der Waals surface area contributed by atoms with E-state index in [9.17, 15) is 0 Å². The van der Waals surface area contributed by atoms with E-state index in [4.69, 9.17) is 0 Å². The molecule has 0 heteroatoms. The minimum atomic E-state index is 0.250. The topological polar surface area (TPSA) is 0 Å². The largest absolute Gasteiger partial charge is 0.0625 e. The zero-order valence-corrected chi connectivity index (χ0v) is 24.5. The summed E-state index contributed by atoms with van der Waals surface area (Å²) < 4.78 is 0. The first kappa shape index (κ1) is 27.4. The van der Waals surface area contributed by atoms with E-state index in [-0.39, 0.29) is 11.8 Å². The Kier molecular flexibility index (Phi) is 9.02. The maximum absolute atomic E-state index is 2.40. The molecule has 39 heavy (non-hydrogen) atoms. The van der Waals surface area contributed by atoms with Gasteiger partial charge in [0.25, 0.3) is 0 Å². The van der Waals surface area contributed by atoms with Crippen molar-refractivity contribution in [1.29, 1.82) is 0 Å². The van der Waals surface area contributed by atoms with Crippen molar-refractivity contribution in [3.8, 4) is 0 Å². The molecule has 0 heterocycles. The lowest BCUT2D eigenvalue weighted by Gasteiger charge is -2.30. The van der Waals surface area contributed by atoms with Gasteiger partial charge in [0.15, 0.2) is 0 Å². The third-order valence-electron chi connectivity index (χ3n) is 8.62. The number of aryl methyl sites for hydroxylation is 4. The summed E-state index contributed by atoms with van der Waals surface area (Å²) in [7, 11) is 0. The molecule has 2 aliphatic carbocycles. The number of hydrogen-bond acceptors (Lipinski definition) is 0. The standard InChI is InChI=1S/C35H38.C4H8/c1-25-7-17-30(18-8-25)34(31-19-9-26(2)10-20-31)35(32-21-11-27(3)12-22-32)33-23-15-29(16-24-33)6-4-5-28-13-14-28;1-4-2-3-4/h7-12,15-24,28,34-35H,4-6,13-14H2,1-3H3;4H,2-3H2,1H3. The van der Waals surface area contributed by atoms with Crippen molar-refractivity contribution in [2.75, 3.05) is 0 Å². The maximum Gasteiger partial charge on any atom is 0.0199 e. The highest BCUT2D eigenvalue weighted by molar-refractivity contribution is 5.46. The second-order valence-corrected chi connectivity index (χ2v) is 12.4. The zero-order chi connectivity index (χ0) is 27.2. The summed E-state index contributed by atoms with van der Waals surface area (Å²) in [5.41, 5.74) is 10.9. The molecule has 0 N–H and O–H groups in total. The Hall–Kier alpha value is -3.12. The van der Waals surface area contributed by atoms with Crippen LogP contribution < -0.4 is 0 Å². The van der Waals surface area contributed by atoms with Crippen molar-refractivity contribution >= 4 is 0 Å². The van der Waals surface area contributed by atoms with E-state index in [2.05, 4.69) is 125 Å². The van der Waals surface area contributed by atoms with Crippen LogP contribution in [0.15, 0.2) is 97.1 Å². The van der Waals surface area contributed by atoms with Gasteiger partial charge in [-0.3, -0.25) is 0 Å². The van der Waals surface area contributed by atoms with E-state index in [0.717, 1.165) is 11.8 Å². The molecule has 0 radical (unpaired) electrons. The summed E-state index contributed by atoms with van der Waals surface area (Å²) in [5.74, 6) is 2.60. The van der Waals surface area contributed by atoms with Gasteiger partial charge in [-0.25, -0.2) is 0 Å². The minimum absolute atomic E-state index is 0.250. The molecule has 1 atom stereocenters. The Labute approximate surface area is 237 Å². The van der Waals surface area contributed by atoms with Crippen LogP contribution in [0.5, 0.6) is 0 Å². The molecule has 0 spiro atoms. The highest BCUT2D eigenvalue weighted by Gasteiger charge is 2.28. The smallest absolute Gasteiger partial charge is 0.0199 e. The maximum atomic E-state index is 2.40. The molecule has 0 nitrogen and oxygen atoms in total. The molecule has 6 rings (SSSR count). The third kappa shape index (κ3) is 7.95. The van der Waals surface area contributed by atoms with Gasteiger partial charge in [-0.05, 0) is 73.3 Å². The highest BCUT2D eigenvalue weighted by atomic mass is 14.3. The normalized spacial score (nSPS) is 15.5. The molecular weight excluding hydrogens is 468 g/mol. The molecule has 0 bridgehead atoms. The second-order valence-electron chi connectivity index (χ2n) is 12.4. The van der Waals surface area contributed by atoms with E-state index < -0.39 is 0 Å². The summed E-state index contributed by atoms with van der Waals surface area (Å²) in [5, 5.41) is 0. The Morgan fingerprint density at radius 1 is 0.513 bits per heavy atom. The number of benzene rings is 4. The van der Waals surface area contributed by atoms with Crippen molar-refractivity contribution in [3.63, 3.8) is 0 Å². The average molecular weight is 515 g/mol. The number of hydrogen-bond donors (Lipinski definition) is 0. The lowest BCUT2D eigenvalue weighted by molar-refractivity contribution is 0.665. The van der Waals surface area contributed by atoms with E-state index in [1.54, 1.807) is 0 Å². The van der Waals surface area contributed by atoms with Crippen LogP contribution >= 0.6 is 0 Å².